The lowest BCUT2D eigenvalue weighted by molar-refractivity contribution is -0.131. The van der Waals surface area contributed by atoms with Crippen molar-refractivity contribution in [1.29, 1.82) is 0 Å². The van der Waals surface area contributed by atoms with Gasteiger partial charge in [0.05, 0.1) is 0 Å². The van der Waals surface area contributed by atoms with E-state index < -0.39 is 5.97 Å². The Morgan fingerprint density at radius 1 is 0.850 bits per heavy atom. The fourth-order valence-corrected chi connectivity index (χ4v) is 1.71. The van der Waals surface area contributed by atoms with Gasteiger partial charge in [0.15, 0.2) is 5.78 Å². The van der Waals surface area contributed by atoms with E-state index in [0.29, 0.717) is 5.56 Å². The maximum absolute atomic E-state index is 12.8. The summed E-state index contributed by atoms with van der Waals surface area (Å²) in [5.74, 6) is -1.85. The minimum atomic E-state index is -1.17. The summed E-state index contributed by atoms with van der Waals surface area (Å²) in [5.41, 5.74) is 2.09. The van der Waals surface area contributed by atoms with E-state index in [4.69, 9.17) is 5.11 Å². The summed E-state index contributed by atoms with van der Waals surface area (Å²) in [6, 6.07) is 12.7. The van der Waals surface area contributed by atoms with Crippen LogP contribution in [0.1, 0.15) is 10.4 Å². The Morgan fingerprint density at radius 2 is 1.35 bits per heavy atom. The van der Waals surface area contributed by atoms with Gasteiger partial charge in [0, 0.05) is 11.6 Å². The first kappa shape index (κ1) is 13.7. The van der Waals surface area contributed by atoms with Crippen molar-refractivity contribution in [2.24, 2.45) is 0 Å². The number of allylic oxidation sites excluding steroid dienone is 1. The molecular formula is C16H11FO3. The second-order valence-electron chi connectivity index (χ2n) is 4.12. The standard InChI is InChI=1S/C16H11FO3/c17-14-7-5-12(6-8-14)11-1-3-13(4-2-11)15(18)9-10-16(19)20/h1-10H,(H,19,20). The summed E-state index contributed by atoms with van der Waals surface area (Å²) in [7, 11) is 0. The van der Waals surface area contributed by atoms with Crippen LogP contribution in [-0.2, 0) is 4.79 Å². The van der Waals surface area contributed by atoms with Crippen molar-refractivity contribution in [2.75, 3.05) is 0 Å². The maximum atomic E-state index is 12.8. The van der Waals surface area contributed by atoms with Gasteiger partial charge in [-0.3, -0.25) is 4.79 Å². The average molecular weight is 270 g/mol. The molecule has 100 valence electrons. The molecule has 0 fully saturated rings. The molecule has 0 saturated heterocycles. The fourth-order valence-electron chi connectivity index (χ4n) is 1.71. The van der Waals surface area contributed by atoms with Crippen LogP contribution in [0, 0.1) is 5.82 Å². The Hall–Kier alpha value is -2.75. The zero-order valence-electron chi connectivity index (χ0n) is 10.4. The van der Waals surface area contributed by atoms with Crippen molar-refractivity contribution in [3.8, 4) is 11.1 Å². The fraction of sp³-hybridized carbons (Fsp3) is 0. The first-order valence-electron chi connectivity index (χ1n) is 5.87. The number of hydrogen-bond donors (Lipinski definition) is 1. The van der Waals surface area contributed by atoms with E-state index >= 15 is 0 Å². The predicted octanol–water partition coefficient (Wildman–Crippen LogP) is 3.32. The van der Waals surface area contributed by atoms with Crippen molar-refractivity contribution in [3.63, 3.8) is 0 Å². The van der Waals surface area contributed by atoms with E-state index in [-0.39, 0.29) is 11.6 Å². The zero-order valence-corrected chi connectivity index (χ0v) is 10.4. The van der Waals surface area contributed by atoms with Crippen molar-refractivity contribution in [1.82, 2.24) is 0 Å². The summed E-state index contributed by atoms with van der Waals surface area (Å²) in [5, 5.41) is 8.45. The predicted molar refractivity (Wildman–Crippen MR) is 72.9 cm³/mol. The highest BCUT2D eigenvalue weighted by molar-refractivity contribution is 6.07. The molecule has 0 amide bonds. The summed E-state index contributed by atoms with van der Waals surface area (Å²) in [6.07, 6.45) is 1.81. The third-order valence-electron chi connectivity index (χ3n) is 2.72. The van der Waals surface area contributed by atoms with Crippen molar-refractivity contribution in [3.05, 3.63) is 72.1 Å². The molecule has 0 aliphatic carbocycles. The third kappa shape index (κ3) is 3.38. The number of rotatable bonds is 4. The molecule has 1 N–H and O–H groups in total. The van der Waals surface area contributed by atoms with Gasteiger partial charge < -0.3 is 5.11 Å². The van der Waals surface area contributed by atoms with E-state index in [1.165, 1.54) is 12.1 Å². The van der Waals surface area contributed by atoms with Gasteiger partial charge in [0.1, 0.15) is 5.82 Å². The van der Waals surface area contributed by atoms with Crippen LogP contribution in [0.2, 0.25) is 0 Å². The molecule has 2 rings (SSSR count). The van der Waals surface area contributed by atoms with Crippen LogP contribution in [-0.4, -0.2) is 16.9 Å². The summed E-state index contributed by atoms with van der Waals surface area (Å²) in [6.45, 7) is 0. The molecule has 3 nitrogen and oxygen atoms in total. The quantitative estimate of drug-likeness (QED) is 0.685. The van der Waals surface area contributed by atoms with Crippen LogP contribution in [0.25, 0.3) is 11.1 Å². The lowest BCUT2D eigenvalue weighted by Crippen LogP contribution is -1.96. The van der Waals surface area contributed by atoms with Crippen LogP contribution in [0.4, 0.5) is 4.39 Å². The number of benzene rings is 2. The van der Waals surface area contributed by atoms with E-state index in [1.807, 2.05) is 0 Å². The Morgan fingerprint density at radius 3 is 1.85 bits per heavy atom. The molecule has 0 spiro atoms. The van der Waals surface area contributed by atoms with E-state index in [9.17, 15) is 14.0 Å². The van der Waals surface area contributed by atoms with Crippen LogP contribution < -0.4 is 0 Å². The molecule has 0 bridgehead atoms. The Balaban J connectivity index is 2.20. The van der Waals surface area contributed by atoms with Gasteiger partial charge in [-0.25, -0.2) is 9.18 Å². The van der Waals surface area contributed by atoms with Gasteiger partial charge in [0.25, 0.3) is 0 Å². The normalized spacial score (nSPS) is 10.7. The second-order valence-corrected chi connectivity index (χ2v) is 4.12. The second kappa shape index (κ2) is 5.93. The molecule has 2 aromatic carbocycles. The number of aliphatic carboxylic acids is 1. The third-order valence-corrected chi connectivity index (χ3v) is 2.72. The largest absolute Gasteiger partial charge is 0.478 e. The van der Waals surface area contributed by atoms with Gasteiger partial charge in [0.2, 0.25) is 0 Å². The van der Waals surface area contributed by atoms with Crippen LogP contribution in [0.15, 0.2) is 60.7 Å². The number of carbonyl (C=O) groups excluding carboxylic acids is 1. The Kier molecular flexibility index (Phi) is 4.05. The number of carbonyl (C=O) groups is 2. The number of ketones is 1. The first-order chi connectivity index (χ1) is 9.56. The molecule has 4 heteroatoms. The molecule has 0 atom stereocenters. The topological polar surface area (TPSA) is 54.4 Å². The van der Waals surface area contributed by atoms with Crippen molar-refractivity contribution >= 4 is 11.8 Å². The summed E-state index contributed by atoms with van der Waals surface area (Å²) >= 11 is 0. The highest BCUT2D eigenvalue weighted by Crippen LogP contribution is 2.20. The number of carboxylic acid groups (broad SMARTS) is 1. The summed E-state index contributed by atoms with van der Waals surface area (Å²) < 4.78 is 12.8. The molecule has 0 unspecified atom stereocenters. The molecule has 0 heterocycles. The van der Waals surface area contributed by atoms with Crippen molar-refractivity contribution < 1.29 is 19.1 Å². The SMILES string of the molecule is O=C(O)C=CC(=O)c1ccc(-c2ccc(F)cc2)cc1. The minimum Gasteiger partial charge on any atom is -0.478 e. The molecule has 0 aliphatic heterocycles. The zero-order chi connectivity index (χ0) is 14.5. The van der Waals surface area contributed by atoms with E-state index in [1.54, 1.807) is 36.4 Å². The average Bonchev–Trinajstić information content (AvgIpc) is 2.46. The van der Waals surface area contributed by atoms with Crippen LogP contribution >= 0.6 is 0 Å². The molecule has 0 radical (unpaired) electrons. The van der Waals surface area contributed by atoms with Gasteiger partial charge in [-0.2, -0.15) is 0 Å². The number of carboxylic acids is 1. The highest BCUT2D eigenvalue weighted by atomic mass is 19.1. The van der Waals surface area contributed by atoms with E-state index in [2.05, 4.69) is 0 Å². The molecule has 0 saturated carbocycles. The lowest BCUT2D eigenvalue weighted by atomic mass is 10.0. The van der Waals surface area contributed by atoms with Crippen LogP contribution in [0.5, 0.6) is 0 Å². The van der Waals surface area contributed by atoms with Gasteiger partial charge >= 0.3 is 5.97 Å². The Bertz CT molecular complexity index is 655. The van der Waals surface area contributed by atoms with E-state index in [0.717, 1.165) is 23.3 Å². The number of halogens is 1. The molecule has 2 aromatic rings. The monoisotopic (exact) mass is 270 g/mol. The molecule has 0 aliphatic rings. The first-order valence-corrected chi connectivity index (χ1v) is 5.87. The van der Waals surface area contributed by atoms with Crippen molar-refractivity contribution in [2.45, 2.75) is 0 Å². The molecular weight excluding hydrogens is 259 g/mol. The lowest BCUT2D eigenvalue weighted by Gasteiger charge is -2.02. The minimum absolute atomic E-state index is 0.306. The van der Waals surface area contributed by atoms with Gasteiger partial charge in [-0.05, 0) is 29.3 Å². The van der Waals surface area contributed by atoms with Crippen LogP contribution in [0.3, 0.4) is 0 Å². The van der Waals surface area contributed by atoms with Gasteiger partial charge in [-0.15, -0.1) is 0 Å². The van der Waals surface area contributed by atoms with Gasteiger partial charge in [-0.1, -0.05) is 36.4 Å². The Labute approximate surface area is 115 Å². The maximum Gasteiger partial charge on any atom is 0.328 e. The number of hydrogen-bond acceptors (Lipinski definition) is 2. The smallest absolute Gasteiger partial charge is 0.328 e. The molecule has 0 aromatic heterocycles. The highest BCUT2D eigenvalue weighted by Gasteiger charge is 2.04. The summed E-state index contributed by atoms with van der Waals surface area (Å²) in [4.78, 5) is 22.0. The molecule has 20 heavy (non-hydrogen) atoms.